The highest BCUT2D eigenvalue weighted by Gasteiger charge is 2.22. The van der Waals surface area contributed by atoms with E-state index in [9.17, 15) is 18.0 Å². The molecule has 0 aliphatic heterocycles. The number of ether oxygens (including phenoxy) is 2. The maximum atomic E-state index is 14.6. The minimum absolute atomic E-state index is 0.165. The summed E-state index contributed by atoms with van der Waals surface area (Å²) in [5.74, 6) is -1.46. The van der Waals surface area contributed by atoms with Crippen molar-refractivity contribution in [1.82, 2.24) is 14.8 Å². The molecule has 0 fully saturated rings. The van der Waals surface area contributed by atoms with Gasteiger partial charge >= 0.3 is 12.6 Å². The van der Waals surface area contributed by atoms with Gasteiger partial charge in [0.2, 0.25) is 0 Å². The van der Waals surface area contributed by atoms with E-state index in [2.05, 4.69) is 30.7 Å². The topological polar surface area (TPSA) is 66.2 Å². The Bertz CT molecular complexity index is 1100. The average molecular weight is 526 g/mol. The van der Waals surface area contributed by atoms with Crippen LogP contribution in [0, 0.1) is 5.82 Å². The number of alkyl halides is 2. The van der Waals surface area contributed by atoms with Gasteiger partial charge in [-0.1, -0.05) is 6.07 Å². The number of rotatable bonds is 8. The highest BCUT2D eigenvalue weighted by Crippen LogP contribution is 2.27. The molecule has 0 N–H and O–H groups in total. The zero-order valence-corrected chi connectivity index (χ0v) is 19.9. The summed E-state index contributed by atoms with van der Waals surface area (Å²) >= 11 is 3.32. The molecular formula is C23H23BrF3N3O3. The number of carbonyl (C=O) groups is 1. The van der Waals surface area contributed by atoms with Gasteiger partial charge in [0.1, 0.15) is 11.4 Å². The first kappa shape index (κ1) is 24.9. The van der Waals surface area contributed by atoms with Crippen LogP contribution in [-0.2, 0) is 9.47 Å². The third-order valence-electron chi connectivity index (χ3n) is 4.57. The van der Waals surface area contributed by atoms with Gasteiger partial charge in [-0.25, -0.2) is 9.18 Å². The average Bonchev–Trinajstić information content (AvgIpc) is 3.20. The molecule has 0 radical (unpaired) electrons. The van der Waals surface area contributed by atoms with E-state index in [4.69, 9.17) is 4.74 Å². The Kier molecular flexibility index (Phi) is 7.91. The zero-order valence-electron chi connectivity index (χ0n) is 18.3. The number of esters is 1. The molecule has 3 rings (SSSR count). The Morgan fingerprint density at radius 2 is 1.91 bits per heavy atom. The van der Waals surface area contributed by atoms with Crippen molar-refractivity contribution in [1.29, 1.82) is 0 Å². The van der Waals surface area contributed by atoms with Gasteiger partial charge in [-0.2, -0.15) is 13.9 Å². The monoisotopic (exact) mass is 525 g/mol. The maximum absolute atomic E-state index is 14.6. The van der Waals surface area contributed by atoms with Crippen molar-refractivity contribution in [2.45, 2.75) is 45.4 Å². The minimum Gasteiger partial charge on any atom is -0.456 e. The predicted octanol–water partition coefficient (Wildman–Crippen LogP) is 6.02. The van der Waals surface area contributed by atoms with Crippen molar-refractivity contribution < 1.29 is 27.4 Å². The Balaban J connectivity index is 1.85. The summed E-state index contributed by atoms with van der Waals surface area (Å²) in [6, 6.07) is 7.26. The van der Waals surface area contributed by atoms with E-state index < -0.39 is 30.0 Å². The van der Waals surface area contributed by atoms with Gasteiger partial charge in [-0.15, -0.1) is 0 Å². The standard InChI is InChI=1S/C23H23BrF3N3O3/c1-23(2,3)33-21(31)17-6-4-14(10-18(17)25)15-11-29-30(13-15)20(8-9-32-22(26)27)19-7-5-16(24)12-28-19/h4-7,10-13,20,22H,8-9H2,1-3H3. The second-order valence-electron chi connectivity index (χ2n) is 8.24. The molecule has 0 aliphatic carbocycles. The lowest BCUT2D eigenvalue weighted by Gasteiger charge is -2.19. The molecule has 3 aromatic rings. The summed E-state index contributed by atoms with van der Waals surface area (Å²) in [6.07, 6.45) is 5.00. The summed E-state index contributed by atoms with van der Waals surface area (Å²) in [7, 11) is 0. The number of aromatic nitrogens is 3. The molecule has 6 nitrogen and oxygen atoms in total. The minimum atomic E-state index is -2.87. The normalized spacial score (nSPS) is 12.7. The zero-order chi connectivity index (χ0) is 24.2. The molecule has 1 aromatic carbocycles. The van der Waals surface area contributed by atoms with Crippen molar-refractivity contribution in [3.63, 3.8) is 0 Å². The predicted molar refractivity (Wildman–Crippen MR) is 119 cm³/mol. The lowest BCUT2D eigenvalue weighted by molar-refractivity contribution is -0.130. The van der Waals surface area contributed by atoms with Gasteiger partial charge < -0.3 is 9.47 Å². The Morgan fingerprint density at radius 1 is 1.15 bits per heavy atom. The van der Waals surface area contributed by atoms with Crippen molar-refractivity contribution in [2.24, 2.45) is 0 Å². The molecule has 0 saturated carbocycles. The Labute approximate surface area is 197 Å². The molecule has 0 aliphatic rings. The first-order valence-electron chi connectivity index (χ1n) is 10.1. The second-order valence-corrected chi connectivity index (χ2v) is 9.16. The lowest BCUT2D eigenvalue weighted by atomic mass is 10.1. The summed E-state index contributed by atoms with van der Waals surface area (Å²) in [5.41, 5.74) is 0.784. The molecule has 2 heterocycles. The van der Waals surface area contributed by atoms with Gasteiger partial charge in [0.25, 0.3) is 0 Å². The van der Waals surface area contributed by atoms with Gasteiger partial charge in [0, 0.05) is 22.4 Å². The number of carbonyl (C=O) groups excluding carboxylic acids is 1. The highest BCUT2D eigenvalue weighted by atomic mass is 79.9. The third-order valence-corrected chi connectivity index (χ3v) is 5.04. The molecule has 0 bridgehead atoms. The Morgan fingerprint density at radius 3 is 2.52 bits per heavy atom. The molecule has 0 spiro atoms. The Hall–Kier alpha value is -2.72. The van der Waals surface area contributed by atoms with Crippen molar-refractivity contribution in [3.05, 3.63) is 70.5 Å². The van der Waals surface area contributed by atoms with Crippen molar-refractivity contribution in [3.8, 4) is 11.1 Å². The highest BCUT2D eigenvalue weighted by molar-refractivity contribution is 9.10. The quantitative estimate of drug-likeness (QED) is 0.336. The van der Waals surface area contributed by atoms with E-state index in [1.165, 1.54) is 18.3 Å². The SMILES string of the molecule is CC(C)(C)OC(=O)c1ccc(-c2cnn(C(CCOC(F)F)c3ccc(Br)cn3)c2)cc1F. The van der Waals surface area contributed by atoms with Gasteiger partial charge in [-0.3, -0.25) is 9.67 Å². The fraction of sp³-hybridized carbons (Fsp3) is 0.348. The third kappa shape index (κ3) is 6.88. The number of hydrogen-bond acceptors (Lipinski definition) is 5. The van der Waals surface area contributed by atoms with Crippen LogP contribution in [0.25, 0.3) is 11.1 Å². The van der Waals surface area contributed by atoms with E-state index in [1.54, 1.807) is 56.0 Å². The van der Waals surface area contributed by atoms with Crippen molar-refractivity contribution >= 4 is 21.9 Å². The van der Waals surface area contributed by atoms with E-state index in [0.717, 1.165) is 4.47 Å². The van der Waals surface area contributed by atoms with Crippen LogP contribution in [0.5, 0.6) is 0 Å². The summed E-state index contributed by atoms with van der Waals surface area (Å²) in [6.45, 7) is 2.04. The first-order chi connectivity index (χ1) is 15.5. The lowest BCUT2D eigenvalue weighted by Crippen LogP contribution is -2.24. The van der Waals surface area contributed by atoms with Gasteiger partial charge in [-0.05, 0) is 73.0 Å². The van der Waals surface area contributed by atoms with Crippen LogP contribution in [0.2, 0.25) is 0 Å². The van der Waals surface area contributed by atoms with Gasteiger partial charge in [0.15, 0.2) is 0 Å². The smallest absolute Gasteiger partial charge is 0.345 e. The summed E-state index contributed by atoms with van der Waals surface area (Å²) in [4.78, 5) is 16.5. The van der Waals surface area contributed by atoms with E-state index in [1.807, 2.05) is 0 Å². The molecule has 1 atom stereocenters. The fourth-order valence-electron chi connectivity index (χ4n) is 3.12. The summed E-state index contributed by atoms with van der Waals surface area (Å²) < 4.78 is 51.5. The number of hydrogen-bond donors (Lipinski definition) is 0. The van der Waals surface area contributed by atoms with Gasteiger partial charge in [0.05, 0.1) is 30.1 Å². The number of benzene rings is 1. The van der Waals surface area contributed by atoms with Crippen LogP contribution in [0.15, 0.2) is 53.4 Å². The number of halogens is 4. The van der Waals surface area contributed by atoms with Crippen LogP contribution in [0.3, 0.4) is 0 Å². The summed E-state index contributed by atoms with van der Waals surface area (Å²) in [5, 5.41) is 4.33. The van der Waals surface area contributed by atoms with Crippen LogP contribution in [-0.4, -0.2) is 39.6 Å². The van der Waals surface area contributed by atoms with E-state index >= 15 is 0 Å². The van der Waals surface area contributed by atoms with Crippen LogP contribution in [0.1, 0.15) is 49.3 Å². The molecule has 2 aromatic heterocycles. The van der Waals surface area contributed by atoms with E-state index in [0.29, 0.717) is 16.8 Å². The first-order valence-corrected chi connectivity index (χ1v) is 10.9. The molecule has 176 valence electrons. The van der Waals surface area contributed by atoms with Crippen LogP contribution < -0.4 is 0 Å². The number of pyridine rings is 1. The van der Waals surface area contributed by atoms with Crippen LogP contribution in [0.4, 0.5) is 13.2 Å². The molecular weight excluding hydrogens is 503 g/mol. The number of nitrogens with zero attached hydrogens (tertiary/aromatic N) is 3. The second kappa shape index (κ2) is 10.5. The maximum Gasteiger partial charge on any atom is 0.345 e. The van der Waals surface area contributed by atoms with Crippen molar-refractivity contribution in [2.75, 3.05) is 6.61 Å². The van der Waals surface area contributed by atoms with E-state index in [-0.39, 0.29) is 18.6 Å². The molecule has 10 heteroatoms. The molecule has 1 unspecified atom stereocenters. The fourth-order valence-corrected chi connectivity index (χ4v) is 3.35. The molecule has 0 amide bonds. The largest absolute Gasteiger partial charge is 0.456 e. The van der Waals surface area contributed by atoms with Crippen LogP contribution >= 0.6 is 15.9 Å². The molecule has 0 saturated heterocycles. The molecule has 33 heavy (non-hydrogen) atoms.